The Labute approximate surface area is 154 Å². The monoisotopic (exact) mass is 356 g/mol. The molecule has 0 bridgehead atoms. The molecule has 2 aromatic rings. The van der Waals surface area contributed by atoms with E-state index in [0.29, 0.717) is 13.2 Å². The molecule has 0 aromatic heterocycles. The zero-order chi connectivity index (χ0) is 18.5. The topological polar surface area (TPSA) is 46.2 Å². The Kier molecular flexibility index (Phi) is 8.70. The second-order valence-electron chi connectivity index (χ2n) is 5.49. The summed E-state index contributed by atoms with van der Waals surface area (Å²) in [6.45, 7) is 6.66. The molecule has 0 saturated heterocycles. The molecule has 0 atom stereocenters. The van der Waals surface area contributed by atoms with Gasteiger partial charge < -0.3 is 19.1 Å². The van der Waals surface area contributed by atoms with Gasteiger partial charge in [0.1, 0.15) is 17.2 Å². The highest BCUT2D eigenvalue weighted by molar-refractivity contribution is 5.31. The van der Waals surface area contributed by atoms with E-state index in [1.54, 1.807) is 0 Å². The highest BCUT2D eigenvalue weighted by Gasteiger charge is 1.98. The predicted octanol–water partition coefficient (Wildman–Crippen LogP) is 4.82. The zero-order valence-corrected chi connectivity index (χ0v) is 15.0. The van der Waals surface area contributed by atoms with Crippen molar-refractivity contribution in [3.63, 3.8) is 0 Å². The van der Waals surface area contributed by atoms with Gasteiger partial charge in [-0.05, 0) is 56.2 Å². The summed E-state index contributed by atoms with van der Waals surface area (Å²) in [7, 11) is 0. The van der Waals surface area contributed by atoms with Crippen molar-refractivity contribution in [2.75, 3.05) is 20.0 Å². The SMILES string of the molecule is C=C=COOCCCCOc1ccc(OCOc2ccc(C)cc2)cc1. The Morgan fingerprint density at radius 1 is 0.808 bits per heavy atom. The average molecular weight is 356 g/mol. The van der Waals surface area contributed by atoms with Gasteiger partial charge in [0.25, 0.3) is 0 Å². The van der Waals surface area contributed by atoms with Crippen molar-refractivity contribution in [3.8, 4) is 17.2 Å². The molecule has 2 aromatic carbocycles. The molecule has 0 N–H and O–H groups in total. The van der Waals surface area contributed by atoms with Crippen molar-refractivity contribution in [2.45, 2.75) is 19.8 Å². The first-order valence-electron chi connectivity index (χ1n) is 8.45. The van der Waals surface area contributed by atoms with Crippen LogP contribution in [0.3, 0.4) is 0 Å². The average Bonchev–Trinajstić information content (AvgIpc) is 2.67. The molecule has 0 unspecified atom stereocenters. The smallest absolute Gasteiger partial charge is 0.230 e. The van der Waals surface area contributed by atoms with Crippen molar-refractivity contribution in [1.29, 1.82) is 0 Å². The lowest BCUT2D eigenvalue weighted by molar-refractivity contribution is -0.249. The van der Waals surface area contributed by atoms with Gasteiger partial charge in [0.05, 0.1) is 13.2 Å². The van der Waals surface area contributed by atoms with Gasteiger partial charge in [0.2, 0.25) is 6.79 Å². The maximum Gasteiger partial charge on any atom is 0.230 e. The lowest BCUT2D eigenvalue weighted by Crippen LogP contribution is -2.05. The Hall–Kier alpha value is -2.88. The summed E-state index contributed by atoms with van der Waals surface area (Å²) in [5.41, 5.74) is 3.65. The van der Waals surface area contributed by atoms with E-state index in [9.17, 15) is 0 Å². The van der Waals surface area contributed by atoms with Gasteiger partial charge in [-0.1, -0.05) is 30.0 Å². The normalized spacial score (nSPS) is 9.88. The van der Waals surface area contributed by atoms with Crippen LogP contribution in [0, 0.1) is 6.92 Å². The van der Waals surface area contributed by atoms with Crippen molar-refractivity contribution in [2.24, 2.45) is 0 Å². The first kappa shape index (κ1) is 19.4. The van der Waals surface area contributed by atoms with Crippen molar-refractivity contribution >= 4 is 0 Å². The highest BCUT2D eigenvalue weighted by atomic mass is 17.2. The molecule has 26 heavy (non-hydrogen) atoms. The molecular formula is C21H24O5. The largest absolute Gasteiger partial charge is 0.494 e. The summed E-state index contributed by atoms with van der Waals surface area (Å²) in [5.74, 6) is 2.30. The Morgan fingerprint density at radius 2 is 1.35 bits per heavy atom. The second kappa shape index (κ2) is 11.6. The molecule has 5 nitrogen and oxygen atoms in total. The molecule has 0 fully saturated rings. The number of rotatable bonds is 12. The lowest BCUT2D eigenvalue weighted by Gasteiger charge is -2.10. The number of unbranched alkanes of at least 4 members (excludes halogenated alkanes) is 1. The van der Waals surface area contributed by atoms with E-state index in [2.05, 4.69) is 17.2 Å². The fraction of sp³-hybridized carbons (Fsp3) is 0.286. The van der Waals surface area contributed by atoms with Crippen LogP contribution in [0.4, 0.5) is 0 Å². The van der Waals surface area contributed by atoms with E-state index in [-0.39, 0.29) is 6.79 Å². The number of aryl methyl sites for hydroxylation is 1. The van der Waals surface area contributed by atoms with Crippen LogP contribution in [0.5, 0.6) is 17.2 Å². The Balaban J connectivity index is 1.58. The summed E-state index contributed by atoms with van der Waals surface area (Å²) in [4.78, 5) is 9.54. The van der Waals surface area contributed by atoms with Crippen LogP contribution < -0.4 is 14.2 Å². The predicted molar refractivity (Wildman–Crippen MR) is 99.2 cm³/mol. The van der Waals surface area contributed by atoms with Crippen molar-refractivity contribution < 1.29 is 24.0 Å². The molecule has 0 aliphatic heterocycles. The van der Waals surface area contributed by atoms with Crippen LogP contribution in [0.1, 0.15) is 18.4 Å². The van der Waals surface area contributed by atoms with E-state index < -0.39 is 0 Å². The molecule has 0 heterocycles. The second-order valence-corrected chi connectivity index (χ2v) is 5.49. The number of benzene rings is 2. The van der Waals surface area contributed by atoms with Gasteiger partial charge in [-0.15, -0.1) is 0 Å². The van der Waals surface area contributed by atoms with Crippen LogP contribution in [0.25, 0.3) is 0 Å². The summed E-state index contributed by atoms with van der Waals surface area (Å²) in [6.07, 6.45) is 2.97. The Bertz CT molecular complexity index is 673. The van der Waals surface area contributed by atoms with Crippen LogP contribution >= 0.6 is 0 Å². The van der Waals surface area contributed by atoms with Gasteiger partial charge in [0, 0.05) is 0 Å². The van der Waals surface area contributed by atoms with Crippen LogP contribution in [0.15, 0.2) is 67.1 Å². The minimum absolute atomic E-state index is 0.159. The fourth-order valence-corrected chi connectivity index (χ4v) is 2.00. The first-order chi connectivity index (χ1) is 12.8. The van der Waals surface area contributed by atoms with Crippen LogP contribution in [-0.4, -0.2) is 20.0 Å². The molecule has 5 heteroatoms. The summed E-state index contributed by atoms with van der Waals surface area (Å²) in [6, 6.07) is 15.3. The number of ether oxygens (including phenoxy) is 3. The van der Waals surface area contributed by atoms with Gasteiger partial charge >= 0.3 is 0 Å². The molecular weight excluding hydrogens is 332 g/mol. The molecule has 0 aliphatic rings. The van der Waals surface area contributed by atoms with Crippen molar-refractivity contribution in [3.05, 3.63) is 72.7 Å². The van der Waals surface area contributed by atoms with E-state index >= 15 is 0 Å². The molecule has 0 amide bonds. The third kappa shape index (κ3) is 7.79. The van der Waals surface area contributed by atoms with Crippen LogP contribution in [0.2, 0.25) is 0 Å². The molecule has 0 spiro atoms. The minimum atomic E-state index is 0.159. The first-order valence-corrected chi connectivity index (χ1v) is 8.45. The third-order valence-corrected chi connectivity index (χ3v) is 3.39. The molecule has 0 aliphatic carbocycles. The van der Waals surface area contributed by atoms with Gasteiger partial charge in [-0.3, -0.25) is 0 Å². The maximum atomic E-state index is 5.66. The standard InChI is InChI=1S/C21H24O5/c1-3-14-25-26-16-5-4-15-22-19-10-12-21(13-11-19)24-17-23-20-8-6-18(2)7-9-20/h6-14H,1,4-5,15-17H2,2H3. The molecule has 138 valence electrons. The molecule has 0 saturated carbocycles. The minimum Gasteiger partial charge on any atom is -0.494 e. The number of hydrogen-bond acceptors (Lipinski definition) is 5. The quantitative estimate of drug-likeness (QED) is 0.136. The van der Waals surface area contributed by atoms with Gasteiger partial charge in [0.15, 0.2) is 6.26 Å². The summed E-state index contributed by atoms with van der Waals surface area (Å²) >= 11 is 0. The van der Waals surface area contributed by atoms with Crippen molar-refractivity contribution in [1.82, 2.24) is 0 Å². The third-order valence-electron chi connectivity index (χ3n) is 3.39. The van der Waals surface area contributed by atoms with E-state index in [1.807, 2.05) is 55.5 Å². The maximum absolute atomic E-state index is 5.66. The highest BCUT2D eigenvalue weighted by Crippen LogP contribution is 2.18. The van der Waals surface area contributed by atoms with Crippen LogP contribution in [-0.2, 0) is 9.78 Å². The van der Waals surface area contributed by atoms with E-state index in [1.165, 1.54) is 11.8 Å². The van der Waals surface area contributed by atoms with E-state index in [4.69, 9.17) is 19.1 Å². The summed E-state index contributed by atoms with van der Waals surface area (Å²) < 4.78 is 16.8. The van der Waals surface area contributed by atoms with Gasteiger partial charge in [-0.2, -0.15) is 4.89 Å². The summed E-state index contributed by atoms with van der Waals surface area (Å²) in [5, 5.41) is 0. The number of hydrogen-bond donors (Lipinski definition) is 0. The zero-order valence-electron chi connectivity index (χ0n) is 15.0. The molecule has 0 radical (unpaired) electrons. The lowest BCUT2D eigenvalue weighted by atomic mass is 10.2. The Morgan fingerprint density at radius 3 is 1.96 bits per heavy atom. The molecule has 2 rings (SSSR count). The van der Waals surface area contributed by atoms with Gasteiger partial charge in [-0.25, -0.2) is 0 Å². The fourth-order valence-electron chi connectivity index (χ4n) is 2.00. The van der Waals surface area contributed by atoms with E-state index in [0.717, 1.165) is 30.1 Å².